The third-order valence-electron chi connectivity index (χ3n) is 3.25. The molecule has 0 aromatic heterocycles. The standard InChI is InChI=1S/C14H18N2O4/c1-9-8-20-10(2)7-16(9)14(19)15-12-5-3-11(4-6-12)13(17)18/h3-6,9-10H,7-8H2,1-2H3,(H,15,19)(H,17,18). The summed E-state index contributed by atoms with van der Waals surface area (Å²) in [7, 11) is 0. The molecule has 1 saturated heterocycles. The summed E-state index contributed by atoms with van der Waals surface area (Å²) < 4.78 is 5.48. The van der Waals surface area contributed by atoms with Gasteiger partial charge in [-0.2, -0.15) is 0 Å². The van der Waals surface area contributed by atoms with Crippen molar-refractivity contribution in [1.29, 1.82) is 0 Å². The Morgan fingerprint density at radius 1 is 1.30 bits per heavy atom. The number of carboxylic acids is 1. The van der Waals surface area contributed by atoms with Crippen LogP contribution in [0.3, 0.4) is 0 Å². The summed E-state index contributed by atoms with van der Waals surface area (Å²) in [5.41, 5.74) is 0.766. The van der Waals surface area contributed by atoms with Gasteiger partial charge in [-0.15, -0.1) is 0 Å². The minimum Gasteiger partial charge on any atom is -0.478 e. The highest BCUT2D eigenvalue weighted by molar-refractivity contribution is 5.91. The van der Waals surface area contributed by atoms with Gasteiger partial charge in [0.1, 0.15) is 0 Å². The van der Waals surface area contributed by atoms with E-state index in [-0.39, 0.29) is 23.7 Å². The number of carboxylic acid groups (broad SMARTS) is 1. The van der Waals surface area contributed by atoms with Crippen molar-refractivity contribution in [1.82, 2.24) is 4.90 Å². The number of hydrogen-bond donors (Lipinski definition) is 2. The third-order valence-corrected chi connectivity index (χ3v) is 3.25. The summed E-state index contributed by atoms with van der Waals surface area (Å²) in [6.07, 6.45) is 0.0198. The molecule has 6 heteroatoms. The topological polar surface area (TPSA) is 78.9 Å². The second-order valence-electron chi connectivity index (χ2n) is 4.96. The maximum atomic E-state index is 12.2. The maximum absolute atomic E-state index is 12.2. The van der Waals surface area contributed by atoms with E-state index < -0.39 is 5.97 Å². The number of benzene rings is 1. The fraction of sp³-hybridized carbons (Fsp3) is 0.429. The molecule has 2 rings (SSSR count). The molecule has 20 heavy (non-hydrogen) atoms. The summed E-state index contributed by atoms with van der Waals surface area (Å²) in [4.78, 5) is 24.7. The molecule has 1 aromatic carbocycles. The van der Waals surface area contributed by atoms with Crippen LogP contribution in [0, 0.1) is 0 Å². The average molecular weight is 278 g/mol. The van der Waals surface area contributed by atoms with Gasteiger partial charge < -0.3 is 20.1 Å². The summed E-state index contributed by atoms with van der Waals surface area (Å²) >= 11 is 0. The predicted octanol–water partition coefficient (Wildman–Crippen LogP) is 2.03. The van der Waals surface area contributed by atoms with Crippen molar-refractivity contribution >= 4 is 17.7 Å². The van der Waals surface area contributed by atoms with Crippen LogP contribution in [0.4, 0.5) is 10.5 Å². The molecule has 1 fully saturated rings. The molecule has 6 nitrogen and oxygen atoms in total. The molecule has 2 N–H and O–H groups in total. The van der Waals surface area contributed by atoms with Crippen LogP contribution in [0.5, 0.6) is 0 Å². The summed E-state index contributed by atoms with van der Waals surface area (Å²) in [5.74, 6) is -0.987. The lowest BCUT2D eigenvalue weighted by Crippen LogP contribution is -2.51. The molecule has 2 atom stereocenters. The largest absolute Gasteiger partial charge is 0.478 e. The van der Waals surface area contributed by atoms with Gasteiger partial charge in [0.2, 0.25) is 0 Å². The fourth-order valence-electron chi connectivity index (χ4n) is 2.08. The molecule has 2 amide bonds. The Balaban J connectivity index is 2.01. The number of morpholine rings is 1. The zero-order valence-electron chi connectivity index (χ0n) is 11.5. The first-order valence-electron chi connectivity index (χ1n) is 6.50. The van der Waals surface area contributed by atoms with E-state index in [1.54, 1.807) is 17.0 Å². The Hall–Kier alpha value is -2.08. The minimum absolute atomic E-state index is 0.0180. The van der Waals surface area contributed by atoms with E-state index in [1.807, 2.05) is 13.8 Å². The fourth-order valence-corrected chi connectivity index (χ4v) is 2.08. The molecule has 0 saturated carbocycles. The summed E-state index contributed by atoms with van der Waals surface area (Å²) in [5, 5.41) is 11.6. The monoisotopic (exact) mass is 278 g/mol. The predicted molar refractivity (Wildman–Crippen MR) is 74.0 cm³/mol. The van der Waals surface area contributed by atoms with Crippen molar-refractivity contribution < 1.29 is 19.4 Å². The number of carbonyl (C=O) groups excluding carboxylic acids is 1. The second-order valence-corrected chi connectivity index (χ2v) is 4.96. The van der Waals surface area contributed by atoms with Crippen molar-refractivity contribution in [2.45, 2.75) is 26.0 Å². The minimum atomic E-state index is -0.987. The summed E-state index contributed by atoms with van der Waals surface area (Å²) in [6, 6.07) is 5.90. The molecular formula is C14H18N2O4. The molecule has 0 radical (unpaired) electrons. The van der Waals surface area contributed by atoms with Crippen molar-refractivity contribution in [3.05, 3.63) is 29.8 Å². The lowest BCUT2D eigenvalue weighted by atomic mass is 10.2. The van der Waals surface area contributed by atoms with E-state index in [0.717, 1.165) is 0 Å². The number of aromatic carboxylic acids is 1. The van der Waals surface area contributed by atoms with Gasteiger partial charge in [0.05, 0.1) is 24.3 Å². The van der Waals surface area contributed by atoms with E-state index in [4.69, 9.17) is 9.84 Å². The first-order valence-corrected chi connectivity index (χ1v) is 6.50. The Kier molecular flexibility index (Phi) is 4.24. The van der Waals surface area contributed by atoms with Gasteiger partial charge in [0.25, 0.3) is 0 Å². The molecule has 2 unspecified atom stereocenters. The van der Waals surface area contributed by atoms with E-state index >= 15 is 0 Å². The molecule has 108 valence electrons. The highest BCUT2D eigenvalue weighted by atomic mass is 16.5. The molecule has 1 aliphatic rings. The first kappa shape index (κ1) is 14.3. The highest BCUT2D eigenvalue weighted by Crippen LogP contribution is 2.15. The molecule has 1 heterocycles. The Morgan fingerprint density at radius 3 is 2.55 bits per heavy atom. The van der Waals surface area contributed by atoms with E-state index in [9.17, 15) is 9.59 Å². The lowest BCUT2D eigenvalue weighted by molar-refractivity contribution is -0.0296. The van der Waals surface area contributed by atoms with Crippen LogP contribution < -0.4 is 5.32 Å². The van der Waals surface area contributed by atoms with Crippen LogP contribution in [0.2, 0.25) is 0 Å². The molecule has 1 aliphatic heterocycles. The third kappa shape index (κ3) is 3.27. The van der Waals surface area contributed by atoms with Gasteiger partial charge in [-0.1, -0.05) is 0 Å². The van der Waals surface area contributed by atoms with Crippen LogP contribution in [0.15, 0.2) is 24.3 Å². The second kappa shape index (κ2) is 5.92. The van der Waals surface area contributed by atoms with E-state index in [2.05, 4.69) is 5.32 Å². The van der Waals surface area contributed by atoms with Gasteiger partial charge in [-0.25, -0.2) is 9.59 Å². The maximum Gasteiger partial charge on any atom is 0.335 e. The van der Waals surface area contributed by atoms with Crippen molar-refractivity contribution in [2.24, 2.45) is 0 Å². The Labute approximate surface area is 117 Å². The van der Waals surface area contributed by atoms with Crippen LogP contribution in [-0.4, -0.2) is 47.3 Å². The molecule has 0 spiro atoms. The summed E-state index contributed by atoms with van der Waals surface area (Å²) in [6.45, 7) is 4.92. The molecule has 0 aliphatic carbocycles. The van der Waals surface area contributed by atoms with E-state index in [0.29, 0.717) is 18.8 Å². The average Bonchev–Trinajstić information content (AvgIpc) is 2.42. The van der Waals surface area contributed by atoms with Gasteiger partial charge in [0, 0.05) is 12.2 Å². The van der Waals surface area contributed by atoms with Crippen molar-refractivity contribution in [2.75, 3.05) is 18.5 Å². The lowest BCUT2D eigenvalue weighted by Gasteiger charge is -2.36. The number of carbonyl (C=O) groups is 2. The number of nitrogens with zero attached hydrogens (tertiary/aromatic N) is 1. The molecule has 1 aromatic rings. The number of urea groups is 1. The Bertz CT molecular complexity index is 500. The van der Waals surface area contributed by atoms with Crippen LogP contribution in [0.1, 0.15) is 24.2 Å². The van der Waals surface area contributed by atoms with Crippen molar-refractivity contribution in [3.63, 3.8) is 0 Å². The first-order chi connectivity index (χ1) is 9.47. The zero-order chi connectivity index (χ0) is 14.7. The number of nitrogens with one attached hydrogen (secondary N) is 1. The van der Waals surface area contributed by atoms with Gasteiger partial charge in [-0.3, -0.25) is 0 Å². The Morgan fingerprint density at radius 2 is 1.95 bits per heavy atom. The molecular weight excluding hydrogens is 260 g/mol. The van der Waals surface area contributed by atoms with Gasteiger partial charge >= 0.3 is 12.0 Å². The normalized spacial score (nSPS) is 22.4. The number of rotatable bonds is 2. The van der Waals surface area contributed by atoms with Gasteiger partial charge in [-0.05, 0) is 38.1 Å². The van der Waals surface area contributed by atoms with Crippen LogP contribution in [0.25, 0.3) is 0 Å². The number of amides is 2. The van der Waals surface area contributed by atoms with E-state index in [1.165, 1.54) is 12.1 Å². The van der Waals surface area contributed by atoms with Crippen LogP contribution in [-0.2, 0) is 4.74 Å². The number of anilines is 1. The SMILES string of the molecule is CC1CN(C(=O)Nc2ccc(C(=O)O)cc2)C(C)CO1. The smallest absolute Gasteiger partial charge is 0.335 e. The van der Waals surface area contributed by atoms with Gasteiger partial charge in [0.15, 0.2) is 0 Å². The highest BCUT2D eigenvalue weighted by Gasteiger charge is 2.27. The van der Waals surface area contributed by atoms with Crippen molar-refractivity contribution in [3.8, 4) is 0 Å². The van der Waals surface area contributed by atoms with Crippen LogP contribution >= 0.6 is 0 Å². The zero-order valence-corrected chi connectivity index (χ0v) is 11.5. The quantitative estimate of drug-likeness (QED) is 0.867. The molecule has 0 bridgehead atoms. The number of ether oxygens (including phenoxy) is 1. The number of hydrogen-bond acceptors (Lipinski definition) is 3.